The second-order valence-corrected chi connectivity index (χ2v) is 5.37. The molecule has 23 heavy (non-hydrogen) atoms. The predicted octanol–water partition coefficient (Wildman–Crippen LogP) is 3.54. The average molecular weight is 327 g/mol. The monoisotopic (exact) mass is 326 g/mol. The topological polar surface area (TPSA) is 87.0 Å². The number of aromatic nitrogens is 2. The van der Waals surface area contributed by atoms with Gasteiger partial charge in [-0.05, 0) is 24.3 Å². The summed E-state index contributed by atoms with van der Waals surface area (Å²) < 4.78 is 5.77. The molecular formula is C17H15ClN4O. The summed E-state index contributed by atoms with van der Waals surface area (Å²) in [6.45, 7) is 0.314. The minimum Gasteiger partial charge on any atom is -0.485 e. The van der Waals surface area contributed by atoms with Crippen molar-refractivity contribution in [1.82, 2.24) is 9.97 Å². The molecule has 0 radical (unpaired) electrons. The van der Waals surface area contributed by atoms with Crippen molar-refractivity contribution in [3.8, 4) is 16.9 Å². The van der Waals surface area contributed by atoms with Gasteiger partial charge in [-0.3, -0.25) is 0 Å². The number of hydrogen-bond donors (Lipinski definition) is 2. The first-order chi connectivity index (χ1) is 11.1. The van der Waals surface area contributed by atoms with E-state index < -0.39 is 0 Å². The Labute approximate surface area is 138 Å². The normalized spacial score (nSPS) is 10.5. The third kappa shape index (κ3) is 3.52. The van der Waals surface area contributed by atoms with E-state index in [1.54, 1.807) is 18.5 Å². The van der Waals surface area contributed by atoms with Crippen LogP contribution in [0.3, 0.4) is 0 Å². The Kier molecular flexibility index (Phi) is 4.30. The van der Waals surface area contributed by atoms with Crippen molar-refractivity contribution < 1.29 is 4.74 Å². The summed E-state index contributed by atoms with van der Waals surface area (Å²) in [5.41, 5.74) is 14.1. The summed E-state index contributed by atoms with van der Waals surface area (Å²) in [7, 11) is 0. The van der Waals surface area contributed by atoms with Gasteiger partial charge in [0.1, 0.15) is 12.4 Å². The third-order valence-corrected chi connectivity index (χ3v) is 3.71. The number of pyridine rings is 2. The molecule has 5 nitrogen and oxygen atoms in total. The summed E-state index contributed by atoms with van der Waals surface area (Å²) in [5, 5.41) is 0.651. The smallest absolute Gasteiger partial charge is 0.166 e. The second-order valence-electron chi connectivity index (χ2n) is 4.96. The van der Waals surface area contributed by atoms with Crippen molar-refractivity contribution in [3.05, 3.63) is 65.4 Å². The molecule has 0 saturated carbocycles. The Morgan fingerprint density at radius 2 is 1.74 bits per heavy atom. The number of hydrogen-bond acceptors (Lipinski definition) is 5. The molecule has 0 amide bonds. The fourth-order valence-corrected chi connectivity index (χ4v) is 2.27. The van der Waals surface area contributed by atoms with E-state index in [1.807, 2.05) is 36.4 Å². The van der Waals surface area contributed by atoms with Gasteiger partial charge >= 0.3 is 0 Å². The Hall–Kier alpha value is -2.79. The molecule has 116 valence electrons. The van der Waals surface area contributed by atoms with Gasteiger partial charge in [0.25, 0.3) is 0 Å². The van der Waals surface area contributed by atoms with E-state index in [0.29, 0.717) is 29.0 Å². The number of rotatable bonds is 4. The highest BCUT2D eigenvalue weighted by atomic mass is 35.5. The van der Waals surface area contributed by atoms with Gasteiger partial charge < -0.3 is 16.2 Å². The van der Waals surface area contributed by atoms with E-state index in [0.717, 1.165) is 16.7 Å². The van der Waals surface area contributed by atoms with Crippen LogP contribution in [-0.4, -0.2) is 9.97 Å². The number of nitrogens with two attached hydrogens (primary N) is 2. The zero-order chi connectivity index (χ0) is 16.2. The summed E-state index contributed by atoms with van der Waals surface area (Å²) in [6, 6.07) is 12.9. The molecule has 1 aromatic carbocycles. The summed E-state index contributed by atoms with van der Waals surface area (Å²) in [6.07, 6.45) is 3.35. The highest BCUT2D eigenvalue weighted by Crippen LogP contribution is 2.28. The lowest BCUT2D eigenvalue weighted by Crippen LogP contribution is -2.01. The molecule has 2 heterocycles. The zero-order valence-electron chi connectivity index (χ0n) is 12.2. The maximum Gasteiger partial charge on any atom is 0.166 e. The van der Waals surface area contributed by atoms with Gasteiger partial charge in [-0.25, -0.2) is 9.97 Å². The maximum absolute atomic E-state index is 6.13. The maximum atomic E-state index is 6.13. The van der Waals surface area contributed by atoms with Crippen LogP contribution in [0.5, 0.6) is 5.75 Å². The van der Waals surface area contributed by atoms with E-state index in [2.05, 4.69) is 9.97 Å². The van der Waals surface area contributed by atoms with Crippen molar-refractivity contribution in [3.63, 3.8) is 0 Å². The van der Waals surface area contributed by atoms with Crippen LogP contribution in [0, 0.1) is 0 Å². The van der Waals surface area contributed by atoms with Crippen LogP contribution in [-0.2, 0) is 6.61 Å². The van der Waals surface area contributed by atoms with Gasteiger partial charge in [0.15, 0.2) is 11.6 Å². The first-order valence-corrected chi connectivity index (χ1v) is 7.35. The van der Waals surface area contributed by atoms with E-state index in [1.165, 1.54) is 0 Å². The SMILES string of the molecule is Nc1ccc(-c2cnc(N)c(OCc3ccccc3Cl)c2)cn1. The van der Waals surface area contributed by atoms with Crippen LogP contribution >= 0.6 is 11.6 Å². The van der Waals surface area contributed by atoms with Crippen LogP contribution in [0.1, 0.15) is 5.56 Å². The molecule has 0 aliphatic heterocycles. The quantitative estimate of drug-likeness (QED) is 0.765. The van der Waals surface area contributed by atoms with Crippen LogP contribution < -0.4 is 16.2 Å². The molecule has 2 aromatic heterocycles. The zero-order valence-corrected chi connectivity index (χ0v) is 13.0. The third-order valence-electron chi connectivity index (χ3n) is 3.34. The molecule has 3 rings (SSSR count). The number of ether oxygens (including phenoxy) is 1. The van der Waals surface area contributed by atoms with Gasteiger partial charge in [0, 0.05) is 34.1 Å². The summed E-state index contributed by atoms with van der Waals surface area (Å²) in [5.74, 6) is 1.29. The van der Waals surface area contributed by atoms with E-state index >= 15 is 0 Å². The Morgan fingerprint density at radius 1 is 0.957 bits per heavy atom. The van der Waals surface area contributed by atoms with Crippen molar-refractivity contribution in [2.24, 2.45) is 0 Å². The lowest BCUT2D eigenvalue weighted by atomic mass is 10.1. The molecular weight excluding hydrogens is 312 g/mol. The molecule has 0 saturated heterocycles. The average Bonchev–Trinajstić information content (AvgIpc) is 2.56. The van der Waals surface area contributed by atoms with Crippen LogP contribution in [0.15, 0.2) is 54.9 Å². The van der Waals surface area contributed by atoms with E-state index in [-0.39, 0.29) is 0 Å². The van der Waals surface area contributed by atoms with Crippen molar-refractivity contribution in [2.45, 2.75) is 6.61 Å². The fourth-order valence-electron chi connectivity index (χ4n) is 2.08. The number of benzene rings is 1. The standard InChI is InChI=1S/C17H15ClN4O/c18-14-4-2-1-3-12(14)10-23-15-7-13(9-22-17(15)20)11-5-6-16(19)21-8-11/h1-9H,10H2,(H2,19,21)(H2,20,22). The molecule has 0 unspecified atom stereocenters. The second kappa shape index (κ2) is 6.54. The van der Waals surface area contributed by atoms with Gasteiger partial charge in [-0.15, -0.1) is 0 Å². The first-order valence-electron chi connectivity index (χ1n) is 6.97. The summed E-state index contributed by atoms with van der Waals surface area (Å²) >= 11 is 6.13. The van der Waals surface area contributed by atoms with Crippen LogP contribution in [0.4, 0.5) is 11.6 Å². The first kappa shape index (κ1) is 15.1. The molecule has 0 atom stereocenters. The molecule has 0 spiro atoms. The van der Waals surface area contributed by atoms with Crippen LogP contribution in [0.2, 0.25) is 5.02 Å². The molecule has 3 aromatic rings. The summed E-state index contributed by atoms with van der Waals surface area (Å²) in [4.78, 5) is 8.25. The van der Waals surface area contributed by atoms with Crippen molar-refractivity contribution in [1.29, 1.82) is 0 Å². The van der Waals surface area contributed by atoms with Gasteiger partial charge in [0.05, 0.1) is 0 Å². The Morgan fingerprint density at radius 3 is 2.48 bits per heavy atom. The van der Waals surface area contributed by atoms with Gasteiger partial charge in [-0.1, -0.05) is 29.8 Å². The van der Waals surface area contributed by atoms with Crippen molar-refractivity contribution >= 4 is 23.2 Å². The molecule has 0 aliphatic carbocycles. The van der Waals surface area contributed by atoms with E-state index in [4.69, 9.17) is 27.8 Å². The Balaban J connectivity index is 1.83. The lowest BCUT2D eigenvalue weighted by Gasteiger charge is -2.11. The number of nitrogens with zero attached hydrogens (tertiary/aromatic N) is 2. The molecule has 6 heteroatoms. The molecule has 0 bridgehead atoms. The molecule has 0 aliphatic rings. The predicted molar refractivity (Wildman–Crippen MR) is 92.1 cm³/mol. The van der Waals surface area contributed by atoms with Gasteiger partial charge in [0.2, 0.25) is 0 Å². The Bertz CT molecular complexity index is 821. The number of halogens is 1. The molecule has 4 N–H and O–H groups in total. The minimum atomic E-state index is 0.314. The minimum absolute atomic E-state index is 0.314. The lowest BCUT2D eigenvalue weighted by molar-refractivity contribution is 0.307. The van der Waals surface area contributed by atoms with E-state index in [9.17, 15) is 0 Å². The highest BCUT2D eigenvalue weighted by molar-refractivity contribution is 6.31. The molecule has 0 fully saturated rings. The number of nitrogen functional groups attached to an aromatic ring is 2. The number of anilines is 2. The highest BCUT2D eigenvalue weighted by Gasteiger charge is 2.08. The fraction of sp³-hybridized carbons (Fsp3) is 0.0588. The van der Waals surface area contributed by atoms with Gasteiger partial charge in [-0.2, -0.15) is 0 Å². The van der Waals surface area contributed by atoms with Crippen molar-refractivity contribution in [2.75, 3.05) is 11.5 Å². The largest absolute Gasteiger partial charge is 0.485 e. The van der Waals surface area contributed by atoms with Crippen LogP contribution in [0.25, 0.3) is 11.1 Å².